The van der Waals surface area contributed by atoms with Crippen molar-refractivity contribution in [2.75, 3.05) is 5.32 Å². The minimum atomic E-state index is -1.16. The molecule has 102 valence electrons. The zero-order chi connectivity index (χ0) is 14.7. The topological polar surface area (TPSA) is 79.3 Å². The first kappa shape index (κ1) is 14.1. The van der Waals surface area contributed by atoms with Crippen molar-refractivity contribution in [1.82, 2.24) is 4.98 Å². The molecule has 0 aliphatic heterocycles. The summed E-state index contributed by atoms with van der Waals surface area (Å²) in [5, 5.41) is 11.2. The van der Waals surface area contributed by atoms with Gasteiger partial charge in [-0.05, 0) is 30.3 Å². The van der Waals surface area contributed by atoms with Crippen molar-refractivity contribution < 1.29 is 19.1 Å². The third-order valence-corrected chi connectivity index (χ3v) is 2.82. The standard InChI is InChI=1S/C13H8BrFN2O3/c14-8-3-7(4-9(15)5-8)12(18)17-10-1-2-11(13(19)20)16-6-10/h1-6H,(H,17,18)(H,19,20). The number of carbonyl (C=O) groups excluding carboxylic acids is 1. The molecule has 2 N–H and O–H groups in total. The van der Waals surface area contributed by atoms with Crippen molar-refractivity contribution in [3.63, 3.8) is 0 Å². The molecule has 1 aromatic heterocycles. The molecule has 1 amide bonds. The van der Waals surface area contributed by atoms with E-state index in [2.05, 4.69) is 26.2 Å². The van der Waals surface area contributed by atoms with Crippen LogP contribution in [-0.2, 0) is 0 Å². The molecular weight excluding hydrogens is 331 g/mol. The number of carboxylic acid groups (broad SMARTS) is 1. The molecule has 0 radical (unpaired) electrons. The van der Waals surface area contributed by atoms with Crippen LogP contribution in [0, 0.1) is 5.82 Å². The molecule has 0 atom stereocenters. The Balaban J connectivity index is 2.16. The van der Waals surface area contributed by atoms with Gasteiger partial charge in [0.1, 0.15) is 11.5 Å². The Hall–Kier alpha value is -2.28. The molecule has 2 aromatic rings. The Morgan fingerprint density at radius 2 is 2.00 bits per heavy atom. The Kier molecular flexibility index (Phi) is 4.09. The summed E-state index contributed by atoms with van der Waals surface area (Å²) in [7, 11) is 0. The molecule has 0 aliphatic carbocycles. The van der Waals surface area contributed by atoms with Crippen molar-refractivity contribution in [2.24, 2.45) is 0 Å². The van der Waals surface area contributed by atoms with Gasteiger partial charge >= 0.3 is 5.97 Å². The van der Waals surface area contributed by atoms with Gasteiger partial charge in [0.05, 0.1) is 11.9 Å². The number of anilines is 1. The molecule has 0 saturated heterocycles. The maximum Gasteiger partial charge on any atom is 0.354 e. The van der Waals surface area contributed by atoms with Crippen molar-refractivity contribution in [3.8, 4) is 0 Å². The summed E-state index contributed by atoms with van der Waals surface area (Å²) in [5.74, 6) is -2.21. The quantitative estimate of drug-likeness (QED) is 0.901. The number of carboxylic acids is 1. The fraction of sp³-hybridized carbons (Fsp3) is 0. The van der Waals surface area contributed by atoms with Crippen LogP contribution in [-0.4, -0.2) is 22.0 Å². The highest BCUT2D eigenvalue weighted by Gasteiger charge is 2.10. The second-order valence-electron chi connectivity index (χ2n) is 3.85. The molecule has 20 heavy (non-hydrogen) atoms. The van der Waals surface area contributed by atoms with Crippen molar-refractivity contribution in [2.45, 2.75) is 0 Å². The van der Waals surface area contributed by atoms with E-state index in [9.17, 15) is 14.0 Å². The lowest BCUT2D eigenvalue weighted by Gasteiger charge is -2.06. The number of rotatable bonds is 3. The van der Waals surface area contributed by atoms with E-state index >= 15 is 0 Å². The summed E-state index contributed by atoms with van der Waals surface area (Å²) in [6, 6.07) is 6.47. The number of nitrogens with one attached hydrogen (secondary N) is 1. The number of pyridine rings is 1. The molecule has 0 bridgehead atoms. The molecule has 0 saturated carbocycles. The predicted octanol–water partition coefficient (Wildman–Crippen LogP) is 2.93. The fourth-order valence-electron chi connectivity index (χ4n) is 1.48. The summed E-state index contributed by atoms with van der Waals surface area (Å²) in [6.45, 7) is 0. The molecule has 7 heteroatoms. The monoisotopic (exact) mass is 338 g/mol. The number of hydrogen-bond acceptors (Lipinski definition) is 3. The average molecular weight is 339 g/mol. The van der Waals surface area contributed by atoms with Crippen molar-refractivity contribution in [1.29, 1.82) is 0 Å². The van der Waals surface area contributed by atoms with Crippen LogP contribution in [0.2, 0.25) is 0 Å². The van der Waals surface area contributed by atoms with E-state index in [-0.39, 0.29) is 11.3 Å². The highest BCUT2D eigenvalue weighted by Crippen LogP contribution is 2.16. The van der Waals surface area contributed by atoms with Crippen LogP contribution in [0.1, 0.15) is 20.8 Å². The number of halogens is 2. The first-order chi connectivity index (χ1) is 9.45. The highest BCUT2D eigenvalue weighted by atomic mass is 79.9. The zero-order valence-corrected chi connectivity index (χ0v) is 11.5. The molecule has 1 heterocycles. The molecule has 1 aromatic carbocycles. The minimum absolute atomic E-state index is 0.128. The van der Waals surface area contributed by atoms with Crippen LogP contribution in [0.5, 0.6) is 0 Å². The van der Waals surface area contributed by atoms with E-state index in [1.807, 2.05) is 0 Å². The number of carbonyl (C=O) groups is 2. The van der Waals surface area contributed by atoms with Crippen molar-refractivity contribution in [3.05, 3.63) is 58.1 Å². The van der Waals surface area contributed by atoms with Gasteiger partial charge in [-0.25, -0.2) is 14.2 Å². The Morgan fingerprint density at radius 3 is 2.55 bits per heavy atom. The highest BCUT2D eigenvalue weighted by molar-refractivity contribution is 9.10. The summed E-state index contributed by atoms with van der Waals surface area (Å²) >= 11 is 3.09. The first-order valence-electron chi connectivity index (χ1n) is 5.42. The Morgan fingerprint density at radius 1 is 1.25 bits per heavy atom. The van der Waals surface area contributed by atoms with Gasteiger partial charge in [0.25, 0.3) is 5.91 Å². The van der Waals surface area contributed by atoms with E-state index in [4.69, 9.17) is 5.11 Å². The zero-order valence-electron chi connectivity index (χ0n) is 9.93. The van der Waals surface area contributed by atoms with Gasteiger partial charge in [0, 0.05) is 10.0 Å². The largest absolute Gasteiger partial charge is 0.477 e. The average Bonchev–Trinajstić information content (AvgIpc) is 2.38. The Labute approximate surface area is 121 Å². The molecule has 0 aliphatic rings. The summed E-state index contributed by atoms with van der Waals surface area (Å²) in [4.78, 5) is 26.2. The van der Waals surface area contributed by atoms with Gasteiger partial charge in [-0.3, -0.25) is 4.79 Å². The molecular formula is C13H8BrFN2O3. The van der Waals surface area contributed by atoms with Crippen molar-refractivity contribution >= 4 is 33.5 Å². The molecule has 0 unspecified atom stereocenters. The fourth-order valence-corrected chi connectivity index (χ4v) is 1.95. The molecule has 2 rings (SSSR count). The van der Waals surface area contributed by atoms with E-state index in [0.29, 0.717) is 10.2 Å². The predicted molar refractivity (Wildman–Crippen MR) is 73.2 cm³/mol. The smallest absolute Gasteiger partial charge is 0.354 e. The lowest BCUT2D eigenvalue weighted by molar-refractivity contribution is 0.0690. The van der Waals surface area contributed by atoms with Gasteiger partial charge in [-0.15, -0.1) is 0 Å². The third-order valence-electron chi connectivity index (χ3n) is 2.37. The second kappa shape index (κ2) is 5.79. The van der Waals surface area contributed by atoms with Gasteiger partial charge in [0.2, 0.25) is 0 Å². The number of aromatic carboxylic acids is 1. The van der Waals surface area contributed by atoms with Gasteiger partial charge < -0.3 is 10.4 Å². The Bertz CT molecular complexity index is 654. The third kappa shape index (κ3) is 3.39. The van der Waals surface area contributed by atoms with Gasteiger partial charge in [0.15, 0.2) is 0 Å². The maximum atomic E-state index is 13.2. The van der Waals surface area contributed by atoms with E-state index < -0.39 is 17.7 Å². The lowest BCUT2D eigenvalue weighted by Crippen LogP contribution is -2.13. The van der Waals surface area contributed by atoms with Crippen LogP contribution >= 0.6 is 15.9 Å². The van der Waals surface area contributed by atoms with Crippen LogP contribution in [0.25, 0.3) is 0 Å². The van der Waals surface area contributed by atoms with Crippen LogP contribution in [0.4, 0.5) is 10.1 Å². The lowest BCUT2D eigenvalue weighted by atomic mass is 10.2. The summed E-state index contributed by atoms with van der Waals surface area (Å²) < 4.78 is 13.6. The van der Waals surface area contributed by atoms with E-state index in [1.54, 1.807) is 0 Å². The van der Waals surface area contributed by atoms with Crippen LogP contribution in [0.15, 0.2) is 41.0 Å². The van der Waals surface area contributed by atoms with Crippen LogP contribution in [0.3, 0.4) is 0 Å². The second-order valence-corrected chi connectivity index (χ2v) is 4.77. The summed E-state index contributed by atoms with van der Waals surface area (Å²) in [5.41, 5.74) is 0.330. The van der Waals surface area contributed by atoms with E-state index in [0.717, 1.165) is 6.07 Å². The number of amides is 1. The molecule has 0 spiro atoms. The minimum Gasteiger partial charge on any atom is -0.477 e. The van der Waals surface area contributed by atoms with Crippen LogP contribution < -0.4 is 5.32 Å². The first-order valence-corrected chi connectivity index (χ1v) is 6.22. The van der Waals surface area contributed by atoms with E-state index in [1.165, 1.54) is 30.5 Å². The molecule has 0 fully saturated rings. The normalized spacial score (nSPS) is 10.1. The summed E-state index contributed by atoms with van der Waals surface area (Å²) in [6.07, 6.45) is 1.22. The number of hydrogen-bond donors (Lipinski definition) is 2. The number of benzene rings is 1. The maximum absolute atomic E-state index is 13.2. The van der Waals surface area contributed by atoms with Gasteiger partial charge in [-0.2, -0.15) is 0 Å². The number of aromatic nitrogens is 1. The SMILES string of the molecule is O=C(Nc1ccc(C(=O)O)nc1)c1cc(F)cc(Br)c1. The number of nitrogens with zero attached hydrogens (tertiary/aromatic N) is 1. The van der Waals surface area contributed by atoms with Gasteiger partial charge in [-0.1, -0.05) is 15.9 Å². The molecule has 5 nitrogen and oxygen atoms in total.